The molecule has 0 aliphatic rings. The van der Waals surface area contributed by atoms with Gasteiger partial charge in [-0.1, -0.05) is 45.3 Å². The molecule has 0 radical (unpaired) electrons. The molecule has 1 nitrogen and oxygen atoms in total. The van der Waals surface area contributed by atoms with Crippen molar-refractivity contribution in [1.29, 1.82) is 0 Å². The molecular weight excluding hydrogens is 170 g/mol. The molecule has 0 amide bonds. The highest BCUT2D eigenvalue weighted by Gasteiger charge is 2.20. The predicted octanol–water partition coefficient (Wildman–Crippen LogP) is 3.74. The molecule has 0 rings (SSSR count). The fourth-order valence-corrected chi connectivity index (χ4v) is 1.82. The van der Waals surface area contributed by atoms with Gasteiger partial charge < -0.3 is 5.73 Å². The quantitative estimate of drug-likeness (QED) is 0.645. The largest absolute Gasteiger partial charge is 0.327 e. The van der Waals surface area contributed by atoms with E-state index in [4.69, 9.17) is 5.73 Å². The van der Waals surface area contributed by atoms with Crippen LogP contribution in [0.25, 0.3) is 0 Å². The van der Waals surface area contributed by atoms with Gasteiger partial charge in [0.1, 0.15) is 0 Å². The molecule has 0 bridgehead atoms. The van der Waals surface area contributed by atoms with Crippen molar-refractivity contribution in [1.82, 2.24) is 0 Å². The Balaban J connectivity index is 4.25. The molecule has 0 spiro atoms. The Labute approximate surface area is 89.8 Å². The summed E-state index contributed by atoms with van der Waals surface area (Å²) in [5.74, 6) is 1.30. The standard InChI is InChI=1S/C13H27N/c1-6-10(4)9-12(8-3)13(14)11(5)7-2/h6,11-13H,7-9,14H2,1-5H3. The Hall–Kier alpha value is -0.300. The normalized spacial score (nSPS) is 19.1. The predicted molar refractivity (Wildman–Crippen MR) is 65.3 cm³/mol. The molecule has 0 aromatic carbocycles. The molecule has 0 aliphatic carbocycles. The fraction of sp³-hybridized carbons (Fsp3) is 0.846. The van der Waals surface area contributed by atoms with Crippen LogP contribution in [0.3, 0.4) is 0 Å². The van der Waals surface area contributed by atoms with Gasteiger partial charge in [0.2, 0.25) is 0 Å². The van der Waals surface area contributed by atoms with Gasteiger partial charge in [-0.15, -0.1) is 0 Å². The van der Waals surface area contributed by atoms with Gasteiger partial charge in [0.05, 0.1) is 0 Å². The third-order valence-corrected chi connectivity index (χ3v) is 3.45. The molecule has 1 heteroatoms. The number of rotatable bonds is 6. The summed E-state index contributed by atoms with van der Waals surface area (Å²) >= 11 is 0. The van der Waals surface area contributed by atoms with Crippen LogP contribution in [0.2, 0.25) is 0 Å². The Morgan fingerprint density at radius 1 is 1.29 bits per heavy atom. The molecular formula is C13H27N. The second-order valence-electron chi connectivity index (χ2n) is 4.47. The Bertz CT molecular complexity index is 172. The molecule has 0 saturated heterocycles. The molecule has 14 heavy (non-hydrogen) atoms. The van der Waals surface area contributed by atoms with Crippen molar-refractivity contribution >= 4 is 0 Å². The van der Waals surface area contributed by atoms with Crippen LogP contribution in [0, 0.1) is 11.8 Å². The lowest BCUT2D eigenvalue weighted by Gasteiger charge is -2.27. The van der Waals surface area contributed by atoms with Gasteiger partial charge in [-0.05, 0) is 32.1 Å². The second kappa shape index (κ2) is 7.05. The van der Waals surface area contributed by atoms with Crippen LogP contribution in [-0.4, -0.2) is 6.04 Å². The van der Waals surface area contributed by atoms with Crippen LogP contribution < -0.4 is 5.73 Å². The van der Waals surface area contributed by atoms with Crippen LogP contribution in [0.1, 0.15) is 53.9 Å². The first-order valence-corrected chi connectivity index (χ1v) is 5.94. The Kier molecular flexibility index (Phi) is 6.90. The van der Waals surface area contributed by atoms with Crippen LogP contribution in [0.4, 0.5) is 0 Å². The van der Waals surface area contributed by atoms with E-state index in [1.54, 1.807) is 0 Å². The summed E-state index contributed by atoms with van der Waals surface area (Å²) in [6.07, 6.45) is 5.74. The molecule has 0 aliphatic heterocycles. The smallest absolute Gasteiger partial charge is 0.00958 e. The highest BCUT2D eigenvalue weighted by molar-refractivity contribution is 4.98. The van der Waals surface area contributed by atoms with E-state index in [0.29, 0.717) is 17.9 Å². The van der Waals surface area contributed by atoms with Gasteiger partial charge in [-0.25, -0.2) is 0 Å². The van der Waals surface area contributed by atoms with Crippen LogP contribution >= 0.6 is 0 Å². The molecule has 0 saturated carbocycles. The van der Waals surface area contributed by atoms with Gasteiger partial charge in [0, 0.05) is 6.04 Å². The van der Waals surface area contributed by atoms with Crippen molar-refractivity contribution < 1.29 is 0 Å². The maximum absolute atomic E-state index is 6.26. The lowest BCUT2D eigenvalue weighted by molar-refractivity contribution is 0.308. The zero-order valence-electron chi connectivity index (χ0n) is 10.5. The van der Waals surface area contributed by atoms with E-state index in [1.165, 1.54) is 24.8 Å². The molecule has 0 aromatic rings. The van der Waals surface area contributed by atoms with Crippen molar-refractivity contribution in [2.75, 3.05) is 0 Å². The van der Waals surface area contributed by atoms with Crippen molar-refractivity contribution in [3.05, 3.63) is 11.6 Å². The fourth-order valence-electron chi connectivity index (χ4n) is 1.82. The van der Waals surface area contributed by atoms with Crippen LogP contribution in [0.5, 0.6) is 0 Å². The van der Waals surface area contributed by atoms with E-state index in [-0.39, 0.29) is 0 Å². The lowest BCUT2D eigenvalue weighted by atomic mass is 9.83. The molecule has 3 unspecified atom stereocenters. The highest BCUT2D eigenvalue weighted by atomic mass is 14.7. The maximum Gasteiger partial charge on any atom is 0.00958 e. The number of hydrogen-bond acceptors (Lipinski definition) is 1. The van der Waals surface area contributed by atoms with Crippen LogP contribution in [0.15, 0.2) is 11.6 Å². The van der Waals surface area contributed by atoms with Crippen LogP contribution in [-0.2, 0) is 0 Å². The number of allylic oxidation sites excluding steroid dienone is 2. The van der Waals surface area contributed by atoms with Crippen molar-refractivity contribution in [3.63, 3.8) is 0 Å². The first-order valence-electron chi connectivity index (χ1n) is 5.94. The summed E-state index contributed by atoms with van der Waals surface area (Å²) in [5.41, 5.74) is 7.73. The minimum absolute atomic E-state index is 0.361. The Morgan fingerprint density at radius 2 is 1.86 bits per heavy atom. The molecule has 2 N–H and O–H groups in total. The van der Waals surface area contributed by atoms with Crippen molar-refractivity contribution in [3.8, 4) is 0 Å². The third-order valence-electron chi connectivity index (χ3n) is 3.45. The summed E-state index contributed by atoms with van der Waals surface area (Å²) < 4.78 is 0. The van der Waals surface area contributed by atoms with E-state index in [0.717, 1.165) is 0 Å². The minimum Gasteiger partial charge on any atom is -0.327 e. The van der Waals surface area contributed by atoms with Gasteiger partial charge >= 0.3 is 0 Å². The van der Waals surface area contributed by atoms with Gasteiger partial charge in [0.15, 0.2) is 0 Å². The van der Waals surface area contributed by atoms with Crippen molar-refractivity contribution in [2.45, 2.75) is 59.9 Å². The summed E-state index contributed by atoms with van der Waals surface area (Å²) in [7, 11) is 0. The summed E-state index contributed by atoms with van der Waals surface area (Å²) in [4.78, 5) is 0. The average molecular weight is 197 g/mol. The first kappa shape index (κ1) is 13.7. The second-order valence-corrected chi connectivity index (χ2v) is 4.47. The molecule has 0 heterocycles. The Morgan fingerprint density at radius 3 is 2.21 bits per heavy atom. The summed E-state index contributed by atoms with van der Waals surface area (Å²) in [6.45, 7) is 11.0. The van der Waals surface area contributed by atoms with Gasteiger partial charge in [-0.2, -0.15) is 0 Å². The zero-order valence-corrected chi connectivity index (χ0v) is 10.5. The molecule has 84 valence electrons. The summed E-state index contributed by atoms with van der Waals surface area (Å²) in [5, 5.41) is 0. The number of nitrogens with two attached hydrogens (primary N) is 1. The lowest BCUT2D eigenvalue weighted by Crippen LogP contribution is -2.36. The van der Waals surface area contributed by atoms with Crippen molar-refractivity contribution in [2.24, 2.45) is 17.6 Å². The molecule has 3 atom stereocenters. The first-order chi connectivity index (χ1) is 6.56. The average Bonchev–Trinajstić information content (AvgIpc) is 2.23. The molecule has 0 aromatic heterocycles. The van der Waals surface area contributed by atoms with Gasteiger partial charge in [0.25, 0.3) is 0 Å². The minimum atomic E-state index is 0.361. The van der Waals surface area contributed by atoms with Gasteiger partial charge in [-0.3, -0.25) is 0 Å². The van der Waals surface area contributed by atoms with E-state index in [2.05, 4.69) is 40.7 Å². The van der Waals surface area contributed by atoms with E-state index in [1.807, 2.05) is 0 Å². The molecule has 0 fully saturated rings. The zero-order chi connectivity index (χ0) is 11.1. The SMILES string of the molecule is CC=C(C)CC(CC)C(N)C(C)CC. The maximum atomic E-state index is 6.26. The highest BCUT2D eigenvalue weighted by Crippen LogP contribution is 2.23. The van der Waals surface area contributed by atoms with E-state index in [9.17, 15) is 0 Å². The third kappa shape index (κ3) is 4.28. The number of hydrogen-bond donors (Lipinski definition) is 1. The van der Waals surface area contributed by atoms with E-state index < -0.39 is 0 Å². The monoisotopic (exact) mass is 197 g/mol. The summed E-state index contributed by atoms with van der Waals surface area (Å²) in [6, 6.07) is 0.361. The topological polar surface area (TPSA) is 26.0 Å². The van der Waals surface area contributed by atoms with E-state index >= 15 is 0 Å².